The van der Waals surface area contributed by atoms with Crippen LogP contribution < -0.4 is 11.1 Å². The molecule has 0 spiro atoms. The van der Waals surface area contributed by atoms with Crippen LogP contribution in [0, 0.1) is 0 Å². The smallest absolute Gasteiger partial charge is 0.240 e. The summed E-state index contributed by atoms with van der Waals surface area (Å²) in [6.45, 7) is 7.46. The molecule has 0 aliphatic carbocycles. The number of carbonyl (C=O) groups excluding carboxylic acids is 1. The zero-order valence-electron chi connectivity index (χ0n) is 12.9. The van der Waals surface area contributed by atoms with Crippen LogP contribution in [0.3, 0.4) is 0 Å². The second-order valence-corrected chi connectivity index (χ2v) is 6.41. The number of nitrogens with two attached hydrogens (primary N) is 1. The van der Waals surface area contributed by atoms with Crippen LogP contribution in [0.5, 0.6) is 0 Å². The molecule has 1 amide bonds. The third-order valence-electron chi connectivity index (χ3n) is 4.82. The van der Waals surface area contributed by atoms with Crippen LogP contribution in [0.2, 0.25) is 0 Å². The third-order valence-corrected chi connectivity index (χ3v) is 4.82. The van der Waals surface area contributed by atoms with E-state index in [-0.39, 0.29) is 5.91 Å². The van der Waals surface area contributed by atoms with Crippen LogP contribution in [-0.4, -0.2) is 54.7 Å². The van der Waals surface area contributed by atoms with Gasteiger partial charge in [0.1, 0.15) is 0 Å². The highest BCUT2D eigenvalue weighted by atomic mass is 16.5. The van der Waals surface area contributed by atoms with Crippen LogP contribution in [-0.2, 0) is 9.53 Å². The molecule has 2 aliphatic rings. The van der Waals surface area contributed by atoms with Crippen molar-refractivity contribution in [1.82, 2.24) is 10.2 Å². The Balaban J connectivity index is 1.80. The van der Waals surface area contributed by atoms with E-state index in [9.17, 15) is 4.79 Å². The minimum absolute atomic E-state index is 0.0164. The number of hydrogen-bond acceptors (Lipinski definition) is 4. The van der Waals surface area contributed by atoms with Crippen molar-refractivity contribution in [3.8, 4) is 0 Å². The Hall–Kier alpha value is -0.650. The highest BCUT2D eigenvalue weighted by Crippen LogP contribution is 2.20. The van der Waals surface area contributed by atoms with Crippen molar-refractivity contribution in [2.24, 2.45) is 5.73 Å². The van der Waals surface area contributed by atoms with E-state index in [1.54, 1.807) is 0 Å². The van der Waals surface area contributed by atoms with Crippen molar-refractivity contribution in [2.75, 3.05) is 26.3 Å². The van der Waals surface area contributed by atoms with E-state index in [2.05, 4.69) is 24.1 Å². The predicted molar refractivity (Wildman–Crippen MR) is 79.5 cm³/mol. The van der Waals surface area contributed by atoms with Gasteiger partial charge in [-0.25, -0.2) is 0 Å². The number of ether oxygens (including phenoxy) is 1. The van der Waals surface area contributed by atoms with Crippen molar-refractivity contribution < 1.29 is 9.53 Å². The summed E-state index contributed by atoms with van der Waals surface area (Å²) in [7, 11) is 0. The molecular formula is C15H29N3O2. The van der Waals surface area contributed by atoms with Crippen LogP contribution in [0.15, 0.2) is 0 Å². The predicted octanol–water partition coefficient (Wildman–Crippen LogP) is 0.873. The van der Waals surface area contributed by atoms with E-state index in [0.29, 0.717) is 44.7 Å². The molecule has 2 fully saturated rings. The van der Waals surface area contributed by atoms with E-state index in [4.69, 9.17) is 10.5 Å². The van der Waals surface area contributed by atoms with E-state index in [1.807, 2.05) is 0 Å². The number of likely N-dealkylation sites (tertiary alicyclic amines) is 1. The summed E-state index contributed by atoms with van der Waals surface area (Å²) in [5.74, 6) is -0.0164. The maximum atomic E-state index is 12.3. The van der Waals surface area contributed by atoms with Gasteiger partial charge in [-0.3, -0.25) is 9.69 Å². The SMILES string of the molecule is CC1CCCCN1C(C)CNC(=O)C1(N)CCOCC1. The Morgan fingerprint density at radius 2 is 2.15 bits per heavy atom. The van der Waals surface area contributed by atoms with Crippen LogP contribution in [0.1, 0.15) is 46.0 Å². The molecule has 2 rings (SSSR count). The molecule has 0 saturated carbocycles. The van der Waals surface area contributed by atoms with Gasteiger partial charge in [0.25, 0.3) is 0 Å². The van der Waals surface area contributed by atoms with Gasteiger partial charge < -0.3 is 15.8 Å². The topological polar surface area (TPSA) is 67.6 Å². The van der Waals surface area contributed by atoms with Crippen LogP contribution in [0.4, 0.5) is 0 Å². The number of hydrogen-bond donors (Lipinski definition) is 2. The Kier molecular flexibility index (Phi) is 5.41. The number of amides is 1. The monoisotopic (exact) mass is 283 g/mol. The average Bonchev–Trinajstić information content (AvgIpc) is 2.45. The van der Waals surface area contributed by atoms with Crippen molar-refractivity contribution in [2.45, 2.75) is 63.6 Å². The molecule has 0 aromatic rings. The lowest BCUT2D eigenvalue weighted by molar-refractivity contribution is -0.130. The van der Waals surface area contributed by atoms with Gasteiger partial charge in [-0.2, -0.15) is 0 Å². The van der Waals surface area contributed by atoms with Crippen molar-refractivity contribution in [1.29, 1.82) is 0 Å². The molecule has 20 heavy (non-hydrogen) atoms. The normalized spacial score (nSPS) is 28.9. The summed E-state index contributed by atoms with van der Waals surface area (Å²) >= 11 is 0. The molecule has 2 aliphatic heterocycles. The van der Waals surface area contributed by atoms with Gasteiger partial charge in [-0.1, -0.05) is 6.42 Å². The Morgan fingerprint density at radius 1 is 1.45 bits per heavy atom. The Bertz CT molecular complexity index is 329. The lowest BCUT2D eigenvalue weighted by Crippen LogP contribution is -2.58. The highest BCUT2D eigenvalue weighted by Gasteiger charge is 2.36. The summed E-state index contributed by atoms with van der Waals surface area (Å²) < 4.78 is 5.28. The Labute approximate surface area is 122 Å². The zero-order chi connectivity index (χ0) is 14.6. The number of rotatable bonds is 4. The van der Waals surface area contributed by atoms with Gasteiger partial charge in [0.05, 0.1) is 5.54 Å². The molecule has 0 radical (unpaired) electrons. The fourth-order valence-electron chi connectivity index (χ4n) is 3.27. The average molecular weight is 283 g/mol. The second-order valence-electron chi connectivity index (χ2n) is 6.41. The molecule has 5 heteroatoms. The van der Waals surface area contributed by atoms with E-state index >= 15 is 0 Å². The zero-order valence-corrected chi connectivity index (χ0v) is 12.9. The lowest BCUT2D eigenvalue weighted by Gasteiger charge is -2.39. The maximum Gasteiger partial charge on any atom is 0.240 e. The Morgan fingerprint density at radius 3 is 2.80 bits per heavy atom. The summed E-state index contributed by atoms with van der Waals surface area (Å²) in [6, 6.07) is 0.989. The van der Waals surface area contributed by atoms with Crippen LogP contribution in [0.25, 0.3) is 0 Å². The summed E-state index contributed by atoms with van der Waals surface area (Å²) in [4.78, 5) is 14.8. The molecule has 0 aromatic heterocycles. The minimum atomic E-state index is -0.731. The summed E-state index contributed by atoms with van der Waals surface area (Å²) in [5, 5.41) is 3.05. The molecule has 2 atom stereocenters. The van der Waals surface area contributed by atoms with Gasteiger partial charge in [-0.05, 0) is 46.1 Å². The molecule has 2 unspecified atom stereocenters. The maximum absolute atomic E-state index is 12.3. The fourth-order valence-corrected chi connectivity index (χ4v) is 3.27. The largest absolute Gasteiger partial charge is 0.381 e. The van der Waals surface area contributed by atoms with E-state index < -0.39 is 5.54 Å². The number of carbonyl (C=O) groups is 1. The quantitative estimate of drug-likeness (QED) is 0.803. The molecule has 116 valence electrons. The molecule has 3 N–H and O–H groups in total. The molecule has 5 nitrogen and oxygen atoms in total. The van der Waals surface area contributed by atoms with E-state index in [1.165, 1.54) is 19.3 Å². The summed E-state index contributed by atoms with van der Waals surface area (Å²) in [5.41, 5.74) is 5.46. The number of nitrogens with zero attached hydrogens (tertiary/aromatic N) is 1. The first-order valence-corrected chi connectivity index (χ1v) is 7.93. The van der Waals surface area contributed by atoms with Gasteiger partial charge in [-0.15, -0.1) is 0 Å². The van der Waals surface area contributed by atoms with Gasteiger partial charge in [0, 0.05) is 31.8 Å². The fraction of sp³-hybridized carbons (Fsp3) is 0.933. The molecular weight excluding hydrogens is 254 g/mol. The van der Waals surface area contributed by atoms with Gasteiger partial charge in [0.2, 0.25) is 5.91 Å². The number of nitrogens with one attached hydrogen (secondary N) is 1. The second kappa shape index (κ2) is 6.87. The van der Waals surface area contributed by atoms with Gasteiger partial charge in [0.15, 0.2) is 0 Å². The van der Waals surface area contributed by atoms with Crippen molar-refractivity contribution >= 4 is 5.91 Å². The molecule has 0 aromatic carbocycles. The first-order valence-electron chi connectivity index (χ1n) is 7.93. The van der Waals surface area contributed by atoms with Crippen molar-refractivity contribution in [3.63, 3.8) is 0 Å². The molecule has 0 bridgehead atoms. The van der Waals surface area contributed by atoms with Crippen LogP contribution >= 0.6 is 0 Å². The highest BCUT2D eigenvalue weighted by molar-refractivity contribution is 5.86. The first kappa shape index (κ1) is 15.7. The number of piperidine rings is 1. The standard InChI is InChI=1S/C15H29N3O2/c1-12-5-3-4-8-18(12)13(2)11-17-14(19)15(16)6-9-20-10-7-15/h12-13H,3-11,16H2,1-2H3,(H,17,19). The third kappa shape index (κ3) is 3.71. The first-order chi connectivity index (χ1) is 9.53. The molecule has 2 saturated heterocycles. The van der Waals surface area contributed by atoms with Crippen molar-refractivity contribution in [3.05, 3.63) is 0 Å². The minimum Gasteiger partial charge on any atom is -0.381 e. The molecule has 2 heterocycles. The van der Waals surface area contributed by atoms with Gasteiger partial charge >= 0.3 is 0 Å². The van der Waals surface area contributed by atoms with E-state index in [0.717, 1.165) is 6.54 Å². The summed E-state index contributed by atoms with van der Waals surface area (Å²) in [6.07, 6.45) is 5.08. The lowest BCUT2D eigenvalue weighted by atomic mass is 9.90.